The van der Waals surface area contributed by atoms with Gasteiger partial charge in [0.05, 0.1) is 11.3 Å². The molecule has 20 heavy (non-hydrogen) atoms. The summed E-state index contributed by atoms with van der Waals surface area (Å²) in [5, 5.41) is 0.848. The first-order valence-electron chi connectivity index (χ1n) is 6.37. The van der Waals surface area contributed by atoms with E-state index in [1.54, 1.807) is 0 Å². The minimum absolute atomic E-state index is 0.0449. The number of ketones is 1. The quantitative estimate of drug-likeness (QED) is 0.606. The Kier molecular flexibility index (Phi) is 4.52. The molecule has 3 nitrogen and oxygen atoms in total. The topological polar surface area (TPSA) is 37.4 Å². The van der Waals surface area contributed by atoms with Gasteiger partial charge in [0.2, 0.25) is 0 Å². The lowest BCUT2D eigenvalue weighted by Gasteiger charge is -2.19. The minimum atomic E-state index is -0.977. The van der Waals surface area contributed by atoms with E-state index in [-0.39, 0.29) is 17.8 Å². The van der Waals surface area contributed by atoms with Crippen molar-refractivity contribution in [3.05, 3.63) is 29.3 Å². The molecule has 1 aromatic rings. The van der Waals surface area contributed by atoms with Gasteiger partial charge >= 0.3 is 0 Å². The van der Waals surface area contributed by atoms with Gasteiger partial charge in [0.1, 0.15) is 11.6 Å². The van der Waals surface area contributed by atoms with E-state index in [9.17, 15) is 18.4 Å². The van der Waals surface area contributed by atoms with Crippen molar-refractivity contribution in [2.45, 2.75) is 19.8 Å². The molecular formula is C14H14BrF2NO2. The predicted molar refractivity (Wildman–Crippen MR) is 75.2 cm³/mol. The minimum Gasteiger partial charge on any atom is -0.305 e. The molecule has 0 saturated carbocycles. The Balaban J connectivity index is 2.24. The summed E-state index contributed by atoms with van der Waals surface area (Å²) >= 11 is 3.34. The molecule has 1 atom stereocenters. The molecule has 6 heteroatoms. The standard InChI is InChI=1S/C14H14BrF2NO2/c1-8(2-4-15)3-5-18-11-7-9(16)6-10(17)12(11)13(19)14(18)20/h6-8H,2-5H2,1H3. The highest BCUT2D eigenvalue weighted by Crippen LogP contribution is 2.32. The zero-order valence-corrected chi connectivity index (χ0v) is 12.5. The highest BCUT2D eigenvalue weighted by Gasteiger charge is 2.38. The van der Waals surface area contributed by atoms with E-state index in [4.69, 9.17) is 0 Å². The monoisotopic (exact) mass is 345 g/mol. The highest BCUT2D eigenvalue weighted by molar-refractivity contribution is 9.09. The van der Waals surface area contributed by atoms with Crippen LogP contribution in [0.1, 0.15) is 30.1 Å². The number of hydrogen-bond acceptors (Lipinski definition) is 2. The van der Waals surface area contributed by atoms with Gasteiger partial charge in [0.25, 0.3) is 11.7 Å². The molecular weight excluding hydrogens is 332 g/mol. The van der Waals surface area contributed by atoms with Gasteiger partial charge in [-0.15, -0.1) is 0 Å². The lowest BCUT2D eigenvalue weighted by atomic mass is 10.1. The molecule has 0 radical (unpaired) electrons. The second-order valence-electron chi connectivity index (χ2n) is 4.94. The van der Waals surface area contributed by atoms with Gasteiger partial charge < -0.3 is 4.90 Å². The molecule has 0 N–H and O–H groups in total. The third-order valence-corrected chi connectivity index (χ3v) is 3.90. The van der Waals surface area contributed by atoms with Crippen LogP contribution in [0.2, 0.25) is 0 Å². The number of nitrogens with zero attached hydrogens (tertiary/aromatic N) is 1. The number of Topliss-reactive ketones (excluding diaryl/α,β-unsaturated/α-hetero) is 1. The van der Waals surface area contributed by atoms with Crippen LogP contribution < -0.4 is 4.90 Å². The third-order valence-electron chi connectivity index (χ3n) is 3.44. The molecule has 0 aliphatic carbocycles. The summed E-state index contributed by atoms with van der Waals surface area (Å²) in [6, 6.07) is 1.66. The lowest BCUT2D eigenvalue weighted by molar-refractivity contribution is -0.114. The molecule has 1 aromatic carbocycles. The summed E-state index contributed by atoms with van der Waals surface area (Å²) in [5.41, 5.74) is -0.270. The first-order valence-corrected chi connectivity index (χ1v) is 7.49. The summed E-state index contributed by atoms with van der Waals surface area (Å²) in [6.07, 6.45) is 1.60. The van der Waals surface area contributed by atoms with Crippen molar-refractivity contribution in [2.24, 2.45) is 5.92 Å². The average Bonchev–Trinajstić information content (AvgIpc) is 2.60. The van der Waals surface area contributed by atoms with E-state index < -0.39 is 23.3 Å². The van der Waals surface area contributed by atoms with Crippen molar-refractivity contribution in [2.75, 3.05) is 16.8 Å². The Morgan fingerprint density at radius 1 is 1.25 bits per heavy atom. The van der Waals surface area contributed by atoms with Crippen LogP contribution in [0.25, 0.3) is 0 Å². The molecule has 1 aliphatic rings. The van der Waals surface area contributed by atoms with E-state index in [1.807, 2.05) is 6.92 Å². The Hall–Kier alpha value is -1.30. The molecule has 2 rings (SSSR count). The molecule has 1 heterocycles. The maximum Gasteiger partial charge on any atom is 0.299 e. The van der Waals surface area contributed by atoms with Gasteiger partial charge in [-0.25, -0.2) is 8.78 Å². The lowest BCUT2D eigenvalue weighted by Crippen LogP contribution is -2.31. The van der Waals surface area contributed by atoms with E-state index in [2.05, 4.69) is 15.9 Å². The number of carbonyl (C=O) groups is 2. The molecule has 108 valence electrons. The Bertz CT molecular complexity index is 562. The van der Waals surface area contributed by atoms with Crippen LogP contribution in [0.5, 0.6) is 0 Å². The van der Waals surface area contributed by atoms with Crippen LogP contribution in [0.3, 0.4) is 0 Å². The summed E-state index contributed by atoms with van der Waals surface area (Å²) in [5.74, 6) is -3.10. The summed E-state index contributed by atoms with van der Waals surface area (Å²) in [6.45, 7) is 2.31. The molecule has 0 aromatic heterocycles. The SMILES string of the molecule is CC(CCBr)CCN1C(=O)C(=O)c2c(F)cc(F)cc21. The summed E-state index contributed by atoms with van der Waals surface area (Å²) < 4.78 is 26.9. The van der Waals surface area contributed by atoms with Crippen LogP contribution in [0.4, 0.5) is 14.5 Å². The van der Waals surface area contributed by atoms with Crippen molar-refractivity contribution >= 4 is 33.3 Å². The van der Waals surface area contributed by atoms with Gasteiger partial charge in [-0.3, -0.25) is 9.59 Å². The first kappa shape index (κ1) is 15.1. The molecule has 1 unspecified atom stereocenters. The maximum atomic E-state index is 13.6. The average molecular weight is 346 g/mol. The Morgan fingerprint density at radius 2 is 1.95 bits per heavy atom. The molecule has 0 fully saturated rings. The fraction of sp³-hybridized carbons (Fsp3) is 0.429. The number of benzene rings is 1. The van der Waals surface area contributed by atoms with E-state index in [0.29, 0.717) is 18.4 Å². The van der Waals surface area contributed by atoms with Crippen LogP contribution in [-0.2, 0) is 4.79 Å². The summed E-state index contributed by atoms with van der Waals surface area (Å²) in [7, 11) is 0. The number of rotatable bonds is 5. The number of halogens is 3. The molecule has 1 amide bonds. The highest BCUT2D eigenvalue weighted by atomic mass is 79.9. The number of carbonyl (C=O) groups excluding carboxylic acids is 2. The fourth-order valence-electron chi connectivity index (χ4n) is 2.24. The molecule has 0 bridgehead atoms. The van der Waals surface area contributed by atoms with E-state index in [0.717, 1.165) is 17.8 Å². The fourth-order valence-corrected chi connectivity index (χ4v) is 3.02. The molecule has 1 aliphatic heterocycles. The smallest absolute Gasteiger partial charge is 0.299 e. The summed E-state index contributed by atoms with van der Waals surface area (Å²) in [4.78, 5) is 24.8. The zero-order valence-electron chi connectivity index (χ0n) is 11.0. The second-order valence-corrected chi connectivity index (χ2v) is 5.73. The molecule has 0 saturated heterocycles. The van der Waals surface area contributed by atoms with Gasteiger partial charge in [0, 0.05) is 17.9 Å². The van der Waals surface area contributed by atoms with Crippen LogP contribution >= 0.6 is 15.9 Å². The normalized spacial score (nSPS) is 15.7. The van der Waals surface area contributed by atoms with Gasteiger partial charge in [-0.1, -0.05) is 22.9 Å². The van der Waals surface area contributed by atoms with E-state index in [1.165, 1.54) is 4.90 Å². The predicted octanol–water partition coefficient (Wildman–Crippen LogP) is 3.31. The number of alkyl halides is 1. The Morgan fingerprint density at radius 3 is 2.60 bits per heavy atom. The van der Waals surface area contributed by atoms with Crippen molar-refractivity contribution < 1.29 is 18.4 Å². The third kappa shape index (κ3) is 2.75. The van der Waals surface area contributed by atoms with Crippen molar-refractivity contribution in [3.8, 4) is 0 Å². The zero-order chi connectivity index (χ0) is 14.9. The van der Waals surface area contributed by atoms with Gasteiger partial charge in [-0.05, 0) is 24.8 Å². The Labute approximate surface area is 124 Å². The van der Waals surface area contributed by atoms with Crippen molar-refractivity contribution in [3.63, 3.8) is 0 Å². The molecule has 0 spiro atoms. The van der Waals surface area contributed by atoms with Crippen molar-refractivity contribution in [1.82, 2.24) is 0 Å². The van der Waals surface area contributed by atoms with Crippen LogP contribution in [-0.4, -0.2) is 23.6 Å². The second kappa shape index (κ2) is 5.99. The van der Waals surface area contributed by atoms with Crippen LogP contribution in [0, 0.1) is 17.6 Å². The van der Waals surface area contributed by atoms with Crippen molar-refractivity contribution in [1.29, 1.82) is 0 Å². The van der Waals surface area contributed by atoms with Crippen LogP contribution in [0.15, 0.2) is 12.1 Å². The van der Waals surface area contributed by atoms with E-state index >= 15 is 0 Å². The number of anilines is 1. The number of fused-ring (bicyclic) bond motifs is 1. The van der Waals surface area contributed by atoms with Gasteiger partial charge in [-0.2, -0.15) is 0 Å². The van der Waals surface area contributed by atoms with Gasteiger partial charge in [0.15, 0.2) is 0 Å². The number of amides is 1. The largest absolute Gasteiger partial charge is 0.305 e. The number of hydrogen-bond donors (Lipinski definition) is 0. The maximum absolute atomic E-state index is 13.6. The first-order chi connectivity index (χ1) is 9.45.